The number of rotatable bonds is 17. The fraction of sp³-hybridized carbons (Fsp3) is 0.707. The van der Waals surface area contributed by atoms with Crippen LogP contribution in [0.5, 0.6) is 0 Å². The predicted octanol–water partition coefficient (Wildman–Crippen LogP) is 8.46. The molecule has 4 rings (SSSR count). The average molecular weight is 847 g/mol. The summed E-state index contributed by atoms with van der Waals surface area (Å²) in [5.74, 6) is -2.44. The van der Waals surface area contributed by atoms with Crippen molar-refractivity contribution in [1.82, 2.24) is 9.13 Å². The van der Waals surface area contributed by atoms with Crippen molar-refractivity contribution in [2.45, 2.75) is 174 Å². The first-order valence-corrected chi connectivity index (χ1v) is 31.3. The molecule has 15 heteroatoms. The van der Waals surface area contributed by atoms with Gasteiger partial charge in [0.25, 0.3) is 11.5 Å². The van der Waals surface area contributed by atoms with Crippen LogP contribution >= 0.6 is 0 Å². The molecule has 1 fully saturated rings. The summed E-state index contributed by atoms with van der Waals surface area (Å²) in [6.07, 6.45) is -1.88. The van der Waals surface area contributed by atoms with Gasteiger partial charge in [-0.25, -0.2) is 14.6 Å². The van der Waals surface area contributed by atoms with Gasteiger partial charge in [0.2, 0.25) is 15.7 Å². The maximum atomic E-state index is 15.0. The molecule has 0 aliphatic carbocycles. The van der Waals surface area contributed by atoms with E-state index in [2.05, 4.69) is 111 Å². The van der Waals surface area contributed by atoms with Crippen molar-refractivity contribution in [3.63, 3.8) is 0 Å². The third-order valence-electron chi connectivity index (χ3n) is 12.8. The Morgan fingerprint density at radius 1 is 0.661 bits per heavy atom. The fourth-order valence-electron chi connectivity index (χ4n) is 10.9. The first-order chi connectivity index (χ1) is 26.1. The molecule has 0 unspecified atom stereocenters. The quantitative estimate of drug-likeness (QED) is 0.0877. The molecule has 2 aromatic rings. The van der Waals surface area contributed by atoms with Gasteiger partial charge < -0.3 is 4.74 Å². The van der Waals surface area contributed by atoms with Crippen LogP contribution in [0.15, 0.2) is 46.1 Å². The van der Waals surface area contributed by atoms with E-state index in [0.717, 1.165) is 6.07 Å². The maximum Gasteiger partial charge on any atom is 0.340 e. The molecule has 1 saturated heterocycles. The minimum Gasteiger partial charge on any atom is -0.348 e. The number of fused-ring (bicyclic) bond motifs is 5. The Bertz CT molecular complexity index is 1770. The first-order valence-electron chi connectivity index (χ1n) is 20.9. The van der Waals surface area contributed by atoms with Crippen LogP contribution in [0.1, 0.15) is 138 Å². The van der Waals surface area contributed by atoms with Crippen molar-refractivity contribution in [1.29, 1.82) is 0 Å². The normalized spacial score (nSPS) is 20.8. The third-order valence-corrected chi connectivity index (χ3v) is 51.5. The summed E-state index contributed by atoms with van der Waals surface area (Å²) in [6, 6.07) is 7.46. The van der Waals surface area contributed by atoms with E-state index in [1.807, 2.05) is 0 Å². The van der Waals surface area contributed by atoms with Gasteiger partial charge >= 0.3 is 5.69 Å². The van der Waals surface area contributed by atoms with Crippen LogP contribution in [0.3, 0.4) is 0 Å². The smallest absolute Gasteiger partial charge is 0.340 e. The van der Waals surface area contributed by atoms with E-state index in [1.54, 1.807) is 18.2 Å². The van der Waals surface area contributed by atoms with Gasteiger partial charge in [-0.15, -0.1) is 0 Å². The number of benzene rings is 1. The Hall–Kier alpha value is -2.09. The Kier molecular flexibility index (Phi) is 15.3. The van der Waals surface area contributed by atoms with Crippen LogP contribution in [-0.2, 0) is 23.7 Å². The molecule has 1 aromatic carbocycles. The largest absolute Gasteiger partial charge is 0.348 e. The highest BCUT2D eigenvalue weighted by molar-refractivity contribution is 7.32. The van der Waals surface area contributed by atoms with E-state index in [1.165, 1.54) is 16.8 Å². The van der Waals surface area contributed by atoms with Crippen molar-refractivity contribution in [2.75, 3.05) is 6.61 Å². The Labute approximate surface area is 339 Å². The van der Waals surface area contributed by atoms with Crippen molar-refractivity contribution < 1.29 is 33.3 Å². The number of carbonyl (C=O) groups is 2. The second kappa shape index (κ2) is 18.4. The summed E-state index contributed by atoms with van der Waals surface area (Å²) in [6.45, 7) is 36.2. The number of ketones is 1. The number of Topliss-reactive ketones (excluding diaryl/α,β-unsaturated/α-hetero) is 1. The van der Waals surface area contributed by atoms with Crippen LogP contribution < -0.4 is 11.2 Å². The van der Waals surface area contributed by atoms with Crippen LogP contribution in [0.4, 0.5) is 0 Å². The minimum atomic E-state index is -2.69. The predicted molar refractivity (Wildman–Crippen MR) is 232 cm³/mol. The lowest BCUT2D eigenvalue weighted by atomic mass is 9.88. The van der Waals surface area contributed by atoms with Gasteiger partial charge in [0, 0.05) is 17.8 Å². The Morgan fingerprint density at radius 2 is 1.12 bits per heavy atom. The summed E-state index contributed by atoms with van der Waals surface area (Å²) in [7, 11) is -8.37. The second-order valence-corrected chi connectivity index (χ2v) is 44.1. The molecular weight excluding hydrogens is 777 g/mol. The molecule has 1 aromatic heterocycles. The zero-order chi connectivity index (χ0) is 42.2. The molecule has 0 amide bonds. The van der Waals surface area contributed by atoms with Gasteiger partial charge in [-0.2, -0.15) is 4.57 Å². The van der Waals surface area contributed by atoms with Gasteiger partial charge in [0.15, 0.2) is 12.0 Å². The summed E-state index contributed by atoms with van der Waals surface area (Å²) in [4.78, 5) is 69.3. The molecule has 0 radical (unpaired) electrons. The maximum absolute atomic E-state index is 15.0. The summed E-state index contributed by atoms with van der Waals surface area (Å²) >= 11 is 0. The first kappa shape index (κ1) is 46.6. The third kappa shape index (κ3) is 8.35. The summed E-state index contributed by atoms with van der Waals surface area (Å²) < 4.78 is 22.4. The molecular formula is C41H70N2O9Si4. The summed E-state index contributed by atoms with van der Waals surface area (Å²) in [5, 5.41) is 0. The van der Waals surface area contributed by atoms with Crippen LogP contribution in [0.25, 0.3) is 0 Å². The lowest BCUT2D eigenvalue weighted by Crippen LogP contribution is -2.62. The van der Waals surface area contributed by atoms with Crippen LogP contribution in [-0.4, -0.2) is 71.9 Å². The van der Waals surface area contributed by atoms with Gasteiger partial charge in [-0.05, 0) is 28.2 Å². The van der Waals surface area contributed by atoms with Crippen molar-refractivity contribution in [3.05, 3.63) is 68.5 Å². The van der Waals surface area contributed by atoms with Crippen molar-refractivity contribution >= 4 is 44.0 Å². The Balaban J connectivity index is 1.92. The molecule has 2 aliphatic rings. The topological polar surface area (TPSA) is 124 Å². The Morgan fingerprint density at radius 3 is 1.59 bits per heavy atom. The molecule has 11 nitrogen and oxygen atoms in total. The summed E-state index contributed by atoms with van der Waals surface area (Å²) in [5.41, 5.74) is 1.20. The molecule has 3 heterocycles. The van der Waals surface area contributed by atoms with E-state index in [4.69, 9.17) is 23.7 Å². The van der Waals surface area contributed by atoms with Crippen molar-refractivity contribution in [2.24, 2.45) is 5.92 Å². The highest BCUT2D eigenvalue weighted by Gasteiger charge is 2.58. The van der Waals surface area contributed by atoms with E-state index < -0.39 is 79.6 Å². The van der Waals surface area contributed by atoms with Gasteiger partial charge in [0.1, 0.15) is 18.8 Å². The molecule has 4 atom stereocenters. The zero-order valence-corrected chi connectivity index (χ0v) is 41.1. The van der Waals surface area contributed by atoms with Crippen LogP contribution in [0.2, 0.25) is 44.3 Å². The van der Waals surface area contributed by atoms with Crippen LogP contribution in [0, 0.1) is 5.92 Å². The lowest BCUT2D eigenvalue weighted by Gasteiger charge is -2.47. The lowest BCUT2D eigenvalue weighted by molar-refractivity contribution is -0.291. The molecule has 0 saturated carbocycles. The molecule has 314 valence electrons. The second-order valence-electron chi connectivity index (χ2n) is 18.9. The molecule has 2 aliphatic heterocycles. The van der Waals surface area contributed by atoms with E-state index in [9.17, 15) is 14.4 Å². The number of carbonyl (C=O) groups excluding carboxylic acids is 2. The average Bonchev–Trinajstić information content (AvgIpc) is 3.45. The number of hydrogen-bond acceptors (Lipinski definition) is 9. The number of hydrogen-bond donors (Lipinski definition) is 0. The minimum absolute atomic E-state index is 0.0407. The van der Waals surface area contributed by atoms with Gasteiger partial charge in [-0.3, -0.25) is 28.1 Å². The number of ether oxygens (including phenoxy) is 1. The van der Waals surface area contributed by atoms with E-state index >= 15 is 4.79 Å². The fourth-order valence-corrected chi connectivity index (χ4v) is 48.2. The number of nitrogens with zero attached hydrogens (tertiary/aromatic N) is 2. The monoisotopic (exact) mass is 846 g/mol. The van der Waals surface area contributed by atoms with Crippen molar-refractivity contribution in [3.8, 4) is 0 Å². The molecule has 56 heavy (non-hydrogen) atoms. The van der Waals surface area contributed by atoms with Gasteiger partial charge in [-0.1, -0.05) is 151 Å². The highest BCUT2D eigenvalue weighted by Crippen LogP contribution is 2.47. The van der Waals surface area contributed by atoms with E-state index in [-0.39, 0.29) is 39.9 Å². The van der Waals surface area contributed by atoms with E-state index in [0.29, 0.717) is 26.7 Å². The standard InChI is InChI=1S/C41H70N2O9Si4/c1-24(2)53(25(3)4)55(28(9)10,29(11)12)51-48-23-34-38(50-52-56(30(13)14,31(15)16)54(26(5)6)27(7)8)36-37(45)32-19-17-18-20-33(32)39(46)43-35(44)21-22-42(41(43)47)40(36)49-34/h17-22,24-31,34,36,38,40,53-54H,23H2,1-16H3/t34-,36-,38-,40-/m1/s1. The molecule has 2 bridgehead atoms. The SMILES string of the molecule is CC(C)[SiH](C(C)C)[Si](OOC[C@H]1O[C@@H]2[C@H](C(=O)c3ccccc3C(=O)n3c(=O)ccn2c3=O)[C@@H]1OO[Si](C(C)C)(C(C)C)[SiH](C(C)C)C(C)C)(C(C)C)C(C)C. The number of aromatic nitrogens is 2. The zero-order valence-electron chi connectivity index (χ0n) is 36.8. The molecule has 0 N–H and O–H groups in total. The highest BCUT2D eigenvalue weighted by atomic mass is 29.2. The van der Waals surface area contributed by atoms with Gasteiger partial charge in [0.05, 0.1) is 28.1 Å². The molecule has 0 spiro atoms.